The number of aliphatic hydroxyl groups excluding tert-OH is 1. The number of hydrogen-bond acceptors (Lipinski definition) is 3. The first-order valence-corrected chi connectivity index (χ1v) is 5.77. The van der Waals surface area contributed by atoms with Crippen molar-refractivity contribution in [2.45, 2.75) is 20.0 Å². The summed E-state index contributed by atoms with van der Waals surface area (Å²) in [5.41, 5.74) is 0.964. The van der Waals surface area contributed by atoms with Gasteiger partial charge in [0.05, 0.1) is 0 Å². The zero-order valence-electron chi connectivity index (χ0n) is 10.1. The van der Waals surface area contributed by atoms with Gasteiger partial charge in [-0.15, -0.1) is 0 Å². The van der Waals surface area contributed by atoms with E-state index in [1.807, 2.05) is 37.3 Å². The molecular weight excluding hydrogens is 218 g/mol. The molecule has 17 heavy (non-hydrogen) atoms. The summed E-state index contributed by atoms with van der Waals surface area (Å²) >= 11 is 0. The molecule has 0 aliphatic carbocycles. The van der Waals surface area contributed by atoms with E-state index in [-0.39, 0.29) is 19.1 Å². The summed E-state index contributed by atoms with van der Waals surface area (Å²) < 4.78 is 5.04. The van der Waals surface area contributed by atoms with Gasteiger partial charge in [0.15, 0.2) is 0 Å². The molecule has 4 heteroatoms. The van der Waals surface area contributed by atoms with Crippen molar-refractivity contribution in [1.29, 1.82) is 0 Å². The van der Waals surface area contributed by atoms with Gasteiger partial charge in [-0.3, -0.25) is 0 Å². The molecule has 2 N–H and O–H groups in total. The van der Waals surface area contributed by atoms with E-state index in [2.05, 4.69) is 5.32 Å². The summed E-state index contributed by atoms with van der Waals surface area (Å²) in [5, 5.41) is 11.4. The number of carbonyl (C=O) groups is 1. The van der Waals surface area contributed by atoms with E-state index in [0.717, 1.165) is 5.56 Å². The molecule has 1 amide bonds. The van der Waals surface area contributed by atoms with Crippen molar-refractivity contribution >= 4 is 6.09 Å². The number of ether oxygens (including phenoxy) is 1. The summed E-state index contributed by atoms with van der Waals surface area (Å²) in [5.74, 6) is 0.254. The molecular formula is C13H19NO3. The highest BCUT2D eigenvalue weighted by atomic mass is 16.5. The lowest BCUT2D eigenvalue weighted by Gasteiger charge is -2.11. The molecule has 0 aliphatic rings. The Bertz CT molecular complexity index is 327. The second kappa shape index (κ2) is 7.68. The van der Waals surface area contributed by atoms with Crippen LogP contribution in [0.15, 0.2) is 30.3 Å². The summed E-state index contributed by atoms with van der Waals surface area (Å²) in [6.45, 7) is 2.91. The third-order valence-corrected chi connectivity index (χ3v) is 2.43. The van der Waals surface area contributed by atoms with E-state index in [1.165, 1.54) is 0 Å². The number of alkyl carbamates (subject to hydrolysis) is 1. The number of carbonyl (C=O) groups excluding carboxylic acids is 1. The highest BCUT2D eigenvalue weighted by Gasteiger charge is 2.05. The van der Waals surface area contributed by atoms with Crippen LogP contribution in [0.1, 0.15) is 18.9 Å². The van der Waals surface area contributed by atoms with Crippen LogP contribution in [-0.2, 0) is 11.3 Å². The van der Waals surface area contributed by atoms with Gasteiger partial charge in [-0.2, -0.15) is 0 Å². The molecule has 0 spiro atoms. The summed E-state index contributed by atoms with van der Waals surface area (Å²) in [6, 6.07) is 9.53. The fourth-order valence-corrected chi connectivity index (χ4v) is 1.35. The Labute approximate surface area is 102 Å². The van der Waals surface area contributed by atoms with Crippen LogP contribution in [0.3, 0.4) is 0 Å². The smallest absolute Gasteiger partial charge is 0.407 e. The fraction of sp³-hybridized carbons (Fsp3) is 0.462. The number of benzene rings is 1. The Kier molecular flexibility index (Phi) is 6.10. The van der Waals surface area contributed by atoms with Crippen LogP contribution in [-0.4, -0.2) is 24.4 Å². The number of amides is 1. The van der Waals surface area contributed by atoms with Crippen LogP contribution in [0.25, 0.3) is 0 Å². The zero-order chi connectivity index (χ0) is 12.5. The number of hydrogen-bond donors (Lipinski definition) is 2. The van der Waals surface area contributed by atoms with Crippen LogP contribution < -0.4 is 5.32 Å². The van der Waals surface area contributed by atoms with E-state index in [1.54, 1.807) is 0 Å². The molecule has 1 aromatic rings. The van der Waals surface area contributed by atoms with Crippen molar-refractivity contribution in [2.24, 2.45) is 5.92 Å². The highest BCUT2D eigenvalue weighted by Crippen LogP contribution is 2.01. The Morgan fingerprint density at radius 3 is 2.76 bits per heavy atom. The molecule has 1 unspecified atom stereocenters. The summed E-state index contributed by atoms with van der Waals surface area (Å²) in [6.07, 6.45) is 0.262. The first-order valence-electron chi connectivity index (χ1n) is 5.77. The topological polar surface area (TPSA) is 58.6 Å². The van der Waals surface area contributed by atoms with Gasteiger partial charge in [0.25, 0.3) is 0 Å². The van der Waals surface area contributed by atoms with Gasteiger partial charge in [0, 0.05) is 13.2 Å². The molecule has 0 radical (unpaired) electrons. The lowest BCUT2D eigenvalue weighted by atomic mass is 10.1. The predicted octanol–water partition coefficient (Wildman–Crippen LogP) is 1.93. The third kappa shape index (κ3) is 5.92. The van der Waals surface area contributed by atoms with E-state index in [9.17, 15) is 4.79 Å². The van der Waals surface area contributed by atoms with Gasteiger partial charge >= 0.3 is 6.09 Å². The van der Waals surface area contributed by atoms with Crippen molar-refractivity contribution in [3.05, 3.63) is 35.9 Å². The second-order valence-corrected chi connectivity index (χ2v) is 4.06. The molecule has 0 aliphatic heterocycles. The van der Waals surface area contributed by atoms with Crippen molar-refractivity contribution in [3.63, 3.8) is 0 Å². The maximum Gasteiger partial charge on any atom is 0.407 e. The van der Waals surface area contributed by atoms with Gasteiger partial charge in [-0.1, -0.05) is 37.3 Å². The Morgan fingerprint density at radius 2 is 2.12 bits per heavy atom. The van der Waals surface area contributed by atoms with Gasteiger partial charge < -0.3 is 15.2 Å². The summed E-state index contributed by atoms with van der Waals surface area (Å²) in [4.78, 5) is 11.3. The normalized spacial score (nSPS) is 11.9. The molecule has 0 fully saturated rings. The van der Waals surface area contributed by atoms with Crippen LogP contribution >= 0.6 is 0 Å². The quantitative estimate of drug-likeness (QED) is 0.794. The molecule has 0 saturated carbocycles. The van der Waals surface area contributed by atoms with Crippen LogP contribution in [0, 0.1) is 5.92 Å². The van der Waals surface area contributed by atoms with Gasteiger partial charge in [0.2, 0.25) is 0 Å². The molecule has 1 aromatic carbocycles. The molecule has 0 bridgehead atoms. The SMILES string of the molecule is CC(CCO)CNC(=O)OCc1ccccc1. The standard InChI is InChI=1S/C13H19NO3/c1-11(7-8-15)9-14-13(16)17-10-12-5-3-2-4-6-12/h2-6,11,15H,7-10H2,1H3,(H,14,16). The Balaban J connectivity index is 2.17. The molecule has 94 valence electrons. The minimum atomic E-state index is -0.418. The van der Waals surface area contributed by atoms with Crippen molar-refractivity contribution in [1.82, 2.24) is 5.32 Å². The lowest BCUT2D eigenvalue weighted by Crippen LogP contribution is -2.29. The number of aliphatic hydroxyl groups is 1. The van der Waals surface area contributed by atoms with E-state index >= 15 is 0 Å². The number of nitrogens with one attached hydrogen (secondary N) is 1. The van der Waals surface area contributed by atoms with E-state index in [0.29, 0.717) is 13.0 Å². The summed E-state index contributed by atoms with van der Waals surface area (Å²) in [7, 11) is 0. The lowest BCUT2D eigenvalue weighted by molar-refractivity contribution is 0.137. The van der Waals surface area contributed by atoms with E-state index < -0.39 is 6.09 Å². The Morgan fingerprint density at radius 1 is 1.41 bits per heavy atom. The van der Waals surface area contributed by atoms with Crippen molar-refractivity contribution < 1.29 is 14.6 Å². The first-order chi connectivity index (χ1) is 8.22. The van der Waals surface area contributed by atoms with Crippen molar-refractivity contribution in [2.75, 3.05) is 13.2 Å². The Hall–Kier alpha value is -1.55. The minimum Gasteiger partial charge on any atom is -0.445 e. The maximum absolute atomic E-state index is 11.3. The molecule has 0 aromatic heterocycles. The maximum atomic E-state index is 11.3. The van der Waals surface area contributed by atoms with Gasteiger partial charge in [0.1, 0.15) is 6.61 Å². The predicted molar refractivity (Wildman–Crippen MR) is 65.5 cm³/mol. The third-order valence-electron chi connectivity index (χ3n) is 2.43. The molecule has 1 atom stereocenters. The van der Waals surface area contributed by atoms with Crippen LogP contribution in [0.5, 0.6) is 0 Å². The van der Waals surface area contributed by atoms with Gasteiger partial charge in [-0.05, 0) is 17.9 Å². The first kappa shape index (κ1) is 13.5. The van der Waals surface area contributed by atoms with Gasteiger partial charge in [-0.25, -0.2) is 4.79 Å². The molecule has 4 nitrogen and oxygen atoms in total. The fourth-order valence-electron chi connectivity index (χ4n) is 1.35. The largest absolute Gasteiger partial charge is 0.445 e. The van der Waals surface area contributed by atoms with Crippen LogP contribution in [0.2, 0.25) is 0 Å². The molecule has 0 saturated heterocycles. The molecule has 0 heterocycles. The van der Waals surface area contributed by atoms with E-state index in [4.69, 9.17) is 9.84 Å². The number of rotatable bonds is 6. The average molecular weight is 237 g/mol. The van der Waals surface area contributed by atoms with Crippen LogP contribution in [0.4, 0.5) is 4.79 Å². The minimum absolute atomic E-state index is 0.141. The monoisotopic (exact) mass is 237 g/mol. The molecule has 1 rings (SSSR count). The highest BCUT2D eigenvalue weighted by molar-refractivity contribution is 5.67. The average Bonchev–Trinajstić information content (AvgIpc) is 2.35. The van der Waals surface area contributed by atoms with Crippen molar-refractivity contribution in [3.8, 4) is 0 Å². The zero-order valence-corrected chi connectivity index (χ0v) is 10.1. The second-order valence-electron chi connectivity index (χ2n) is 4.06.